The lowest BCUT2D eigenvalue weighted by Crippen LogP contribution is -2.40. The summed E-state index contributed by atoms with van der Waals surface area (Å²) in [6.07, 6.45) is 0.0570. The van der Waals surface area contributed by atoms with E-state index in [0.717, 1.165) is 12.1 Å². The number of hydrogen-bond donors (Lipinski definition) is 1. The minimum atomic E-state index is -0.334. The zero-order chi connectivity index (χ0) is 11.5. The molecule has 88 valence electrons. The summed E-state index contributed by atoms with van der Waals surface area (Å²) in [6, 6.07) is 5.06. The maximum absolute atomic E-state index is 13.5. The van der Waals surface area contributed by atoms with Crippen LogP contribution in [0.15, 0.2) is 18.2 Å². The molecule has 1 aliphatic rings. The van der Waals surface area contributed by atoms with Crippen molar-refractivity contribution in [2.75, 3.05) is 20.3 Å². The second-order valence-electron chi connectivity index (χ2n) is 3.90. The van der Waals surface area contributed by atoms with Gasteiger partial charge in [-0.05, 0) is 24.6 Å². The third-order valence-corrected chi connectivity index (χ3v) is 2.85. The Bertz CT molecular complexity index is 370. The van der Waals surface area contributed by atoms with Gasteiger partial charge in [-0.3, -0.25) is 0 Å². The minimum Gasteiger partial charge on any atom is -0.494 e. The van der Waals surface area contributed by atoms with Crippen LogP contribution in [0.2, 0.25) is 0 Å². The fourth-order valence-corrected chi connectivity index (χ4v) is 1.99. The topological polar surface area (TPSA) is 30.5 Å². The van der Waals surface area contributed by atoms with Gasteiger partial charge in [0, 0.05) is 6.54 Å². The lowest BCUT2D eigenvalue weighted by molar-refractivity contribution is 0.00747. The number of rotatable bonds is 2. The molecular formula is C12H16FNO2. The first-order valence-corrected chi connectivity index (χ1v) is 5.41. The Morgan fingerprint density at radius 1 is 1.50 bits per heavy atom. The molecule has 1 saturated heterocycles. The fraction of sp³-hybridized carbons (Fsp3) is 0.500. The van der Waals surface area contributed by atoms with Crippen LogP contribution in [0.3, 0.4) is 0 Å². The SMILES string of the molecule is COc1ccc(C2NCCOC2C)cc1F. The molecule has 2 unspecified atom stereocenters. The van der Waals surface area contributed by atoms with E-state index in [4.69, 9.17) is 9.47 Å². The highest BCUT2D eigenvalue weighted by Crippen LogP contribution is 2.26. The molecule has 0 amide bonds. The molecule has 2 rings (SSSR count). The van der Waals surface area contributed by atoms with E-state index in [0.29, 0.717) is 6.61 Å². The van der Waals surface area contributed by atoms with Crippen molar-refractivity contribution >= 4 is 0 Å². The number of ether oxygens (including phenoxy) is 2. The molecule has 0 aliphatic carbocycles. The van der Waals surface area contributed by atoms with Crippen LogP contribution in [0.5, 0.6) is 5.75 Å². The largest absolute Gasteiger partial charge is 0.494 e. The maximum Gasteiger partial charge on any atom is 0.165 e. The van der Waals surface area contributed by atoms with Gasteiger partial charge in [0.05, 0.1) is 25.9 Å². The molecule has 1 heterocycles. The second-order valence-corrected chi connectivity index (χ2v) is 3.90. The molecule has 0 saturated carbocycles. The molecule has 0 spiro atoms. The molecule has 0 radical (unpaired) electrons. The third kappa shape index (κ3) is 2.18. The first-order valence-electron chi connectivity index (χ1n) is 5.41. The monoisotopic (exact) mass is 225 g/mol. The summed E-state index contributed by atoms with van der Waals surface area (Å²) in [5.41, 5.74) is 0.894. The van der Waals surface area contributed by atoms with Crippen LogP contribution in [0.1, 0.15) is 18.5 Å². The number of methoxy groups -OCH3 is 1. The number of benzene rings is 1. The molecule has 0 bridgehead atoms. The molecule has 1 aromatic rings. The minimum absolute atomic E-state index is 0.0501. The summed E-state index contributed by atoms with van der Waals surface area (Å²) in [5.74, 6) is -0.0623. The molecule has 1 aliphatic heterocycles. The molecule has 4 heteroatoms. The molecule has 3 nitrogen and oxygen atoms in total. The van der Waals surface area contributed by atoms with Gasteiger partial charge in [-0.25, -0.2) is 4.39 Å². The third-order valence-electron chi connectivity index (χ3n) is 2.85. The van der Waals surface area contributed by atoms with E-state index in [-0.39, 0.29) is 23.7 Å². The average Bonchev–Trinajstić information content (AvgIpc) is 2.29. The normalized spacial score (nSPS) is 25.4. The van der Waals surface area contributed by atoms with Crippen LogP contribution in [0.25, 0.3) is 0 Å². The van der Waals surface area contributed by atoms with E-state index >= 15 is 0 Å². The van der Waals surface area contributed by atoms with E-state index in [9.17, 15) is 4.39 Å². The van der Waals surface area contributed by atoms with Gasteiger partial charge >= 0.3 is 0 Å². The van der Waals surface area contributed by atoms with Crippen LogP contribution in [0, 0.1) is 5.82 Å². The molecule has 1 N–H and O–H groups in total. The summed E-state index contributed by atoms with van der Waals surface area (Å²) in [7, 11) is 1.46. The van der Waals surface area contributed by atoms with E-state index in [1.807, 2.05) is 13.0 Å². The van der Waals surface area contributed by atoms with Crippen LogP contribution in [0.4, 0.5) is 4.39 Å². The summed E-state index contributed by atoms with van der Waals surface area (Å²) in [6.45, 7) is 3.48. The van der Waals surface area contributed by atoms with Gasteiger partial charge in [0.1, 0.15) is 0 Å². The van der Waals surface area contributed by atoms with Crippen LogP contribution in [-0.4, -0.2) is 26.4 Å². The smallest absolute Gasteiger partial charge is 0.165 e. The highest BCUT2D eigenvalue weighted by Gasteiger charge is 2.23. The Hall–Kier alpha value is -1.13. The van der Waals surface area contributed by atoms with Gasteiger partial charge in [-0.1, -0.05) is 6.07 Å². The Kier molecular flexibility index (Phi) is 3.41. The van der Waals surface area contributed by atoms with Gasteiger partial charge in [0.2, 0.25) is 0 Å². The van der Waals surface area contributed by atoms with Gasteiger partial charge in [-0.15, -0.1) is 0 Å². The summed E-state index contributed by atoms with van der Waals surface area (Å²) in [5, 5.41) is 3.32. The number of halogens is 1. The van der Waals surface area contributed by atoms with Crippen molar-refractivity contribution in [2.45, 2.75) is 19.1 Å². The number of nitrogens with one attached hydrogen (secondary N) is 1. The lowest BCUT2D eigenvalue weighted by Gasteiger charge is -2.30. The zero-order valence-corrected chi connectivity index (χ0v) is 9.50. The van der Waals surface area contributed by atoms with E-state index in [2.05, 4.69) is 5.32 Å². The Labute approximate surface area is 94.6 Å². The van der Waals surface area contributed by atoms with Crippen molar-refractivity contribution < 1.29 is 13.9 Å². The number of hydrogen-bond acceptors (Lipinski definition) is 3. The predicted octanol–water partition coefficient (Wildman–Crippen LogP) is 1.88. The van der Waals surface area contributed by atoms with E-state index < -0.39 is 0 Å². The van der Waals surface area contributed by atoms with Gasteiger partial charge in [0.25, 0.3) is 0 Å². The molecule has 1 aromatic carbocycles. The molecule has 0 aromatic heterocycles. The Morgan fingerprint density at radius 3 is 2.94 bits per heavy atom. The molecular weight excluding hydrogens is 209 g/mol. The molecule has 1 fully saturated rings. The quantitative estimate of drug-likeness (QED) is 0.833. The highest BCUT2D eigenvalue weighted by molar-refractivity contribution is 5.31. The van der Waals surface area contributed by atoms with Gasteiger partial charge in [-0.2, -0.15) is 0 Å². The van der Waals surface area contributed by atoms with Crippen LogP contribution >= 0.6 is 0 Å². The standard InChI is InChI=1S/C12H16FNO2/c1-8-12(14-5-6-16-8)9-3-4-11(15-2)10(13)7-9/h3-4,7-8,12,14H,5-6H2,1-2H3. The average molecular weight is 225 g/mol. The zero-order valence-electron chi connectivity index (χ0n) is 9.50. The van der Waals surface area contributed by atoms with E-state index in [1.165, 1.54) is 13.2 Å². The Balaban J connectivity index is 2.22. The van der Waals surface area contributed by atoms with Crippen molar-refractivity contribution in [3.63, 3.8) is 0 Å². The Morgan fingerprint density at radius 2 is 2.31 bits per heavy atom. The summed E-state index contributed by atoms with van der Waals surface area (Å²) in [4.78, 5) is 0. The van der Waals surface area contributed by atoms with Gasteiger partial charge < -0.3 is 14.8 Å². The lowest BCUT2D eigenvalue weighted by atomic mass is 10.0. The predicted molar refractivity (Wildman–Crippen MR) is 59.1 cm³/mol. The first kappa shape index (κ1) is 11.4. The molecule has 2 atom stereocenters. The first-order chi connectivity index (χ1) is 7.72. The molecule has 16 heavy (non-hydrogen) atoms. The number of morpholine rings is 1. The van der Waals surface area contributed by atoms with Crippen molar-refractivity contribution in [2.24, 2.45) is 0 Å². The van der Waals surface area contributed by atoms with Crippen molar-refractivity contribution in [1.82, 2.24) is 5.32 Å². The highest BCUT2D eigenvalue weighted by atomic mass is 19.1. The maximum atomic E-state index is 13.5. The summed E-state index contributed by atoms with van der Waals surface area (Å²) >= 11 is 0. The fourth-order valence-electron chi connectivity index (χ4n) is 1.99. The van der Waals surface area contributed by atoms with Crippen LogP contribution in [-0.2, 0) is 4.74 Å². The van der Waals surface area contributed by atoms with Crippen molar-refractivity contribution in [3.05, 3.63) is 29.6 Å². The van der Waals surface area contributed by atoms with Crippen molar-refractivity contribution in [1.29, 1.82) is 0 Å². The van der Waals surface area contributed by atoms with Crippen molar-refractivity contribution in [3.8, 4) is 5.75 Å². The second kappa shape index (κ2) is 4.80. The van der Waals surface area contributed by atoms with Crippen LogP contribution < -0.4 is 10.1 Å². The van der Waals surface area contributed by atoms with E-state index in [1.54, 1.807) is 6.07 Å². The van der Waals surface area contributed by atoms with Gasteiger partial charge in [0.15, 0.2) is 11.6 Å². The summed E-state index contributed by atoms with van der Waals surface area (Å²) < 4.78 is 24.0.